The first-order chi connectivity index (χ1) is 6.50. The van der Waals surface area contributed by atoms with Crippen molar-refractivity contribution < 1.29 is 15.0 Å². The van der Waals surface area contributed by atoms with Gasteiger partial charge in [-0.1, -0.05) is 0 Å². The number of aliphatic hydroxyl groups is 1. The third-order valence-corrected chi connectivity index (χ3v) is 2.16. The highest BCUT2D eigenvalue weighted by atomic mass is 16.4. The smallest absolute Gasteiger partial charge is 0.310 e. The second-order valence-corrected chi connectivity index (χ2v) is 4.15. The third-order valence-electron chi connectivity index (χ3n) is 2.16. The standard InChI is InChI=1S/C10H21NO3/c1-10(2,9(13)14)8-11-6-4-3-5-7-12/h11-12H,3-8H2,1-2H3,(H,13,14). The number of nitrogens with one attached hydrogen (secondary N) is 1. The van der Waals surface area contributed by atoms with Gasteiger partial charge in [0.25, 0.3) is 0 Å². The predicted octanol–water partition coefficient (Wildman–Crippen LogP) is 0.849. The highest BCUT2D eigenvalue weighted by Crippen LogP contribution is 2.12. The van der Waals surface area contributed by atoms with Crippen molar-refractivity contribution in [1.82, 2.24) is 5.32 Å². The fourth-order valence-electron chi connectivity index (χ4n) is 1.02. The highest BCUT2D eigenvalue weighted by molar-refractivity contribution is 5.73. The Hall–Kier alpha value is -0.610. The molecule has 0 bridgehead atoms. The molecule has 0 saturated carbocycles. The van der Waals surface area contributed by atoms with E-state index >= 15 is 0 Å². The first kappa shape index (κ1) is 13.4. The molecule has 0 spiro atoms. The van der Waals surface area contributed by atoms with Crippen LogP contribution in [0.25, 0.3) is 0 Å². The largest absolute Gasteiger partial charge is 0.481 e. The van der Waals surface area contributed by atoms with Crippen LogP contribution in [0.3, 0.4) is 0 Å². The van der Waals surface area contributed by atoms with Gasteiger partial charge in [0.15, 0.2) is 0 Å². The summed E-state index contributed by atoms with van der Waals surface area (Å²) in [6.07, 6.45) is 2.79. The van der Waals surface area contributed by atoms with Crippen molar-refractivity contribution in [3.05, 3.63) is 0 Å². The Kier molecular flexibility index (Phi) is 6.49. The van der Waals surface area contributed by atoms with Crippen LogP contribution in [0.2, 0.25) is 0 Å². The zero-order valence-corrected chi connectivity index (χ0v) is 9.05. The molecule has 0 aromatic carbocycles. The van der Waals surface area contributed by atoms with E-state index in [1.807, 2.05) is 0 Å². The van der Waals surface area contributed by atoms with Gasteiger partial charge in [-0.3, -0.25) is 4.79 Å². The van der Waals surface area contributed by atoms with Gasteiger partial charge in [-0.25, -0.2) is 0 Å². The molecular formula is C10H21NO3. The zero-order chi connectivity index (χ0) is 11.0. The molecule has 0 aliphatic rings. The third kappa shape index (κ3) is 5.94. The van der Waals surface area contributed by atoms with E-state index in [0.717, 1.165) is 25.8 Å². The molecule has 0 saturated heterocycles. The van der Waals surface area contributed by atoms with Gasteiger partial charge in [-0.05, 0) is 39.7 Å². The molecule has 0 amide bonds. The summed E-state index contributed by atoms with van der Waals surface area (Å²) >= 11 is 0. The van der Waals surface area contributed by atoms with E-state index in [4.69, 9.17) is 10.2 Å². The first-order valence-corrected chi connectivity index (χ1v) is 5.05. The van der Waals surface area contributed by atoms with Gasteiger partial charge < -0.3 is 15.5 Å². The average Bonchev–Trinajstić information content (AvgIpc) is 2.10. The Balaban J connectivity index is 3.40. The molecule has 0 unspecified atom stereocenters. The van der Waals surface area contributed by atoms with E-state index in [1.165, 1.54) is 0 Å². The number of unbranched alkanes of at least 4 members (excludes halogenated alkanes) is 2. The quantitative estimate of drug-likeness (QED) is 0.511. The van der Waals surface area contributed by atoms with E-state index in [0.29, 0.717) is 6.54 Å². The minimum absolute atomic E-state index is 0.237. The molecule has 84 valence electrons. The minimum atomic E-state index is -0.777. The van der Waals surface area contributed by atoms with Crippen LogP contribution in [-0.4, -0.2) is 35.9 Å². The van der Waals surface area contributed by atoms with E-state index in [1.54, 1.807) is 13.8 Å². The number of carboxylic acids is 1. The number of aliphatic hydroxyl groups excluding tert-OH is 1. The Morgan fingerprint density at radius 2 is 1.93 bits per heavy atom. The van der Waals surface area contributed by atoms with Gasteiger partial charge in [0, 0.05) is 13.2 Å². The SMILES string of the molecule is CC(C)(CNCCCCCO)C(=O)O. The van der Waals surface area contributed by atoms with Crippen LogP contribution in [0.1, 0.15) is 33.1 Å². The van der Waals surface area contributed by atoms with Crippen LogP contribution in [-0.2, 0) is 4.79 Å². The molecular weight excluding hydrogens is 182 g/mol. The predicted molar refractivity (Wildman–Crippen MR) is 55.2 cm³/mol. The van der Waals surface area contributed by atoms with E-state index < -0.39 is 11.4 Å². The molecule has 0 rings (SSSR count). The summed E-state index contributed by atoms with van der Waals surface area (Å²) in [7, 11) is 0. The van der Waals surface area contributed by atoms with Gasteiger partial charge in [-0.15, -0.1) is 0 Å². The molecule has 4 nitrogen and oxygen atoms in total. The summed E-state index contributed by atoms with van der Waals surface area (Å²) in [5.74, 6) is -0.777. The van der Waals surface area contributed by atoms with E-state index in [9.17, 15) is 4.79 Å². The summed E-state index contributed by atoms with van der Waals surface area (Å²) < 4.78 is 0. The lowest BCUT2D eigenvalue weighted by atomic mass is 9.94. The van der Waals surface area contributed by atoms with Crippen LogP contribution in [0, 0.1) is 5.41 Å². The summed E-state index contributed by atoms with van der Waals surface area (Å²) in [6.45, 7) is 4.95. The van der Waals surface area contributed by atoms with Crippen molar-refractivity contribution in [2.24, 2.45) is 5.41 Å². The maximum Gasteiger partial charge on any atom is 0.310 e. The minimum Gasteiger partial charge on any atom is -0.481 e. The van der Waals surface area contributed by atoms with Gasteiger partial charge >= 0.3 is 5.97 Å². The summed E-state index contributed by atoms with van der Waals surface area (Å²) in [6, 6.07) is 0. The van der Waals surface area contributed by atoms with Gasteiger partial charge in [0.05, 0.1) is 5.41 Å². The fraction of sp³-hybridized carbons (Fsp3) is 0.900. The summed E-state index contributed by atoms with van der Waals surface area (Å²) in [5, 5.41) is 20.4. The van der Waals surface area contributed by atoms with Crippen molar-refractivity contribution in [1.29, 1.82) is 0 Å². The number of rotatable bonds is 8. The summed E-state index contributed by atoms with van der Waals surface area (Å²) in [5.41, 5.74) is -0.697. The van der Waals surface area contributed by atoms with Crippen molar-refractivity contribution in [3.63, 3.8) is 0 Å². The average molecular weight is 203 g/mol. The van der Waals surface area contributed by atoms with Crippen LogP contribution in [0.5, 0.6) is 0 Å². The van der Waals surface area contributed by atoms with Crippen molar-refractivity contribution >= 4 is 5.97 Å². The molecule has 0 aromatic rings. The van der Waals surface area contributed by atoms with E-state index in [2.05, 4.69) is 5.32 Å². The van der Waals surface area contributed by atoms with Gasteiger partial charge in [-0.2, -0.15) is 0 Å². The van der Waals surface area contributed by atoms with Crippen LogP contribution < -0.4 is 5.32 Å². The Morgan fingerprint density at radius 3 is 2.43 bits per heavy atom. The Morgan fingerprint density at radius 1 is 1.29 bits per heavy atom. The number of carbonyl (C=O) groups is 1. The second kappa shape index (κ2) is 6.79. The monoisotopic (exact) mass is 203 g/mol. The molecule has 0 aromatic heterocycles. The number of aliphatic carboxylic acids is 1. The molecule has 0 aliphatic carbocycles. The normalized spacial score (nSPS) is 11.6. The number of carboxylic acid groups (broad SMARTS) is 1. The molecule has 0 fully saturated rings. The van der Waals surface area contributed by atoms with Crippen molar-refractivity contribution in [2.45, 2.75) is 33.1 Å². The van der Waals surface area contributed by atoms with Crippen LogP contribution >= 0.6 is 0 Å². The molecule has 3 N–H and O–H groups in total. The summed E-state index contributed by atoms with van der Waals surface area (Å²) in [4.78, 5) is 10.7. The highest BCUT2D eigenvalue weighted by Gasteiger charge is 2.25. The molecule has 14 heavy (non-hydrogen) atoms. The molecule has 0 radical (unpaired) electrons. The second-order valence-electron chi connectivity index (χ2n) is 4.15. The molecule has 4 heteroatoms. The molecule has 0 atom stereocenters. The topological polar surface area (TPSA) is 69.6 Å². The van der Waals surface area contributed by atoms with Gasteiger partial charge in [0.2, 0.25) is 0 Å². The lowest BCUT2D eigenvalue weighted by Gasteiger charge is -2.19. The lowest BCUT2D eigenvalue weighted by molar-refractivity contribution is -0.146. The van der Waals surface area contributed by atoms with Gasteiger partial charge in [0.1, 0.15) is 0 Å². The molecule has 0 aliphatic heterocycles. The van der Waals surface area contributed by atoms with Crippen molar-refractivity contribution in [2.75, 3.05) is 19.7 Å². The Bertz CT molecular complexity index is 169. The number of hydrogen-bond donors (Lipinski definition) is 3. The zero-order valence-electron chi connectivity index (χ0n) is 9.05. The lowest BCUT2D eigenvalue weighted by Crippen LogP contribution is -2.36. The van der Waals surface area contributed by atoms with Crippen molar-refractivity contribution in [3.8, 4) is 0 Å². The van der Waals surface area contributed by atoms with E-state index in [-0.39, 0.29) is 6.61 Å². The molecule has 0 heterocycles. The first-order valence-electron chi connectivity index (χ1n) is 5.05. The number of hydrogen-bond acceptors (Lipinski definition) is 3. The maximum atomic E-state index is 10.7. The van der Waals surface area contributed by atoms with Crippen LogP contribution in [0.15, 0.2) is 0 Å². The Labute approximate surface area is 85.3 Å². The maximum absolute atomic E-state index is 10.7. The fourth-order valence-corrected chi connectivity index (χ4v) is 1.02. The van der Waals surface area contributed by atoms with Crippen LogP contribution in [0.4, 0.5) is 0 Å².